The Kier molecular flexibility index (Phi) is 30.5. The first kappa shape index (κ1) is 54.7. The van der Waals surface area contributed by atoms with E-state index < -0.39 is 0 Å². The third-order valence-electron chi connectivity index (χ3n) is 12.4. The number of unbranched alkanes of at least 4 members (excludes halogenated alkanes) is 20. The molecule has 0 saturated carbocycles. The number of hydrogen-bond acceptors (Lipinski definition) is 9. The second-order valence-corrected chi connectivity index (χ2v) is 18.0. The number of anilines is 1. The van der Waals surface area contributed by atoms with E-state index in [0.717, 1.165) is 50.7 Å². The number of nitrogens with one attached hydrogen (secondary N) is 2. The highest BCUT2D eigenvalue weighted by Crippen LogP contribution is 2.22. The molecule has 0 aliphatic rings. The molecule has 0 atom stereocenters. The fourth-order valence-corrected chi connectivity index (χ4v) is 8.47. The van der Waals surface area contributed by atoms with Crippen molar-refractivity contribution in [2.75, 3.05) is 64.9 Å². The van der Waals surface area contributed by atoms with Crippen LogP contribution in [0.2, 0.25) is 0 Å². The number of carbonyl (C=O) groups is 2. The summed E-state index contributed by atoms with van der Waals surface area (Å²) in [6.45, 7) is 14.7. The molecule has 2 aromatic heterocycles. The number of rotatable bonds is 42. The van der Waals surface area contributed by atoms with Crippen LogP contribution < -0.4 is 15.7 Å². The molecular formula is C52H89N7O5. The molecule has 2 N–H and O–H groups in total. The standard InChI is InChI=1S/C52H89N7O5/c1-5-8-11-14-17-20-25-35-57(36-26-21-18-15-12-9-6-2)39-29-40-58(37-27-22-19-16-13-10-7-3)38-28-23-24-30-47(61)53-49-48-50(56-51(55-49)64-42-41-63-4)59(52(62)54-48)43-45-31-33-46(44-60)34-32-45/h31-34,44H,5-30,35-43H2,1-4H3,(H,54,62)(H,53,55,56,61). The van der Waals surface area contributed by atoms with E-state index in [1.54, 1.807) is 31.4 Å². The number of carbonyl (C=O) groups excluding carboxylic acids is 2. The average molecular weight is 892 g/mol. The summed E-state index contributed by atoms with van der Waals surface area (Å²) in [5, 5.41) is 2.95. The van der Waals surface area contributed by atoms with Gasteiger partial charge in [-0.05, 0) is 83.4 Å². The molecule has 1 aromatic carbocycles. The maximum atomic E-state index is 13.4. The minimum Gasteiger partial charge on any atom is -0.461 e. The number of aldehydes is 1. The van der Waals surface area contributed by atoms with Gasteiger partial charge < -0.3 is 29.6 Å². The van der Waals surface area contributed by atoms with Gasteiger partial charge in [0.25, 0.3) is 0 Å². The number of ether oxygens (including phenoxy) is 2. The van der Waals surface area contributed by atoms with Gasteiger partial charge in [-0.1, -0.05) is 167 Å². The van der Waals surface area contributed by atoms with Crippen molar-refractivity contribution >= 4 is 29.2 Å². The van der Waals surface area contributed by atoms with Gasteiger partial charge >= 0.3 is 11.7 Å². The molecule has 0 fully saturated rings. The number of imidazole rings is 1. The number of aromatic amines is 1. The van der Waals surface area contributed by atoms with E-state index in [4.69, 9.17) is 9.47 Å². The number of hydrogen-bond donors (Lipinski definition) is 2. The number of H-pyrrole nitrogens is 1. The van der Waals surface area contributed by atoms with E-state index in [-0.39, 0.29) is 36.6 Å². The largest absolute Gasteiger partial charge is 0.461 e. The molecule has 12 heteroatoms. The van der Waals surface area contributed by atoms with Crippen molar-refractivity contribution in [2.24, 2.45) is 0 Å². The lowest BCUT2D eigenvalue weighted by Crippen LogP contribution is -2.32. The molecule has 1 amide bonds. The van der Waals surface area contributed by atoms with Crippen molar-refractivity contribution < 1.29 is 19.1 Å². The van der Waals surface area contributed by atoms with Gasteiger partial charge in [-0.15, -0.1) is 0 Å². The van der Waals surface area contributed by atoms with Crippen molar-refractivity contribution in [1.29, 1.82) is 0 Å². The molecular weight excluding hydrogens is 803 g/mol. The van der Waals surface area contributed by atoms with E-state index >= 15 is 0 Å². The summed E-state index contributed by atoms with van der Waals surface area (Å²) in [5.41, 5.74) is 1.65. The summed E-state index contributed by atoms with van der Waals surface area (Å²) < 4.78 is 12.4. The van der Waals surface area contributed by atoms with Crippen LogP contribution in [0, 0.1) is 0 Å². The Balaban J connectivity index is 1.55. The highest BCUT2D eigenvalue weighted by atomic mass is 16.5. The fraction of sp³-hybridized carbons (Fsp3) is 0.750. The molecule has 362 valence electrons. The van der Waals surface area contributed by atoms with Crippen molar-refractivity contribution in [3.05, 3.63) is 45.9 Å². The average Bonchev–Trinajstić information content (AvgIpc) is 3.61. The Morgan fingerprint density at radius 2 is 1.11 bits per heavy atom. The summed E-state index contributed by atoms with van der Waals surface area (Å²) in [7, 11) is 1.58. The highest BCUT2D eigenvalue weighted by Gasteiger charge is 2.19. The predicted molar refractivity (Wildman–Crippen MR) is 265 cm³/mol. The van der Waals surface area contributed by atoms with Crippen molar-refractivity contribution in [3.63, 3.8) is 0 Å². The number of amides is 1. The third-order valence-corrected chi connectivity index (χ3v) is 12.4. The summed E-state index contributed by atoms with van der Waals surface area (Å²) in [6, 6.07) is 7.06. The minimum absolute atomic E-state index is 0.0451. The van der Waals surface area contributed by atoms with Crippen LogP contribution in [-0.4, -0.2) is 101 Å². The Bertz CT molecular complexity index is 1680. The van der Waals surface area contributed by atoms with Gasteiger partial charge in [0.1, 0.15) is 18.4 Å². The summed E-state index contributed by atoms with van der Waals surface area (Å²) >= 11 is 0. The van der Waals surface area contributed by atoms with Crippen LogP contribution in [-0.2, 0) is 16.1 Å². The summed E-state index contributed by atoms with van der Waals surface area (Å²) in [6.07, 6.45) is 33.4. The Hall–Kier alpha value is -3.61. The lowest BCUT2D eigenvalue weighted by molar-refractivity contribution is -0.116. The van der Waals surface area contributed by atoms with Crippen LogP contribution in [0.15, 0.2) is 29.1 Å². The van der Waals surface area contributed by atoms with E-state index in [1.807, 2.05) is 0 Å². The van der Waals surface area contributed by atoms with Gasteiger partial charge in [-0.3, -0.25) is 14.2 Å². The van der Waals surface area contributed by atoms with Crippen molar-refractivity contribution in [3.8, 4) is 6.01 Å². The monoisotopic (exact) mass is 892 g/mol. The lowest BCUT2D eigenvalue weighted by Gasteiger charge is -2.26. The van der Waals surface area contributed by atoms with Crippen molar-refractivity contribution in [1.82, 2.24) is 29.3 Å². The molecule has 0 aliphatic heterocycles. The molecule has 3 rings (SSSR count). The maximum absolute atomic E-state index is 13.4. The van der Waals surface area contributed by atoms with Gasteiger partial charge in [0, 0.05) is 19.1 Å². The van der Waals surface area contributed by atoms with E-state index in [2.05, 4.69) is 50.8 Å². The second-order valence-electron chi connectivity index (χ2n) is 18.0. The lowest BCUT2D eigenvalue weighted by atomic mass is 10.1. The Labute approximate surface area is 387 Å². The third kappa shape index (κ3) is 23.5. The van der Waals surface area contributed by atoms with Gasteiger partial charge in [-0.2, -0.15) is 9.97 Å². The van der Waals surface area contributed by atoms with Crippen LogP contribution in [0.25, 0.3) is 11.2 Å². The molecule has 0 spiro atoms. The molecule has 0 radical (unpaired) electrons. The van der Waals surface area contributed by atoms with Gasteiger partial charge in [-0.25, -0.2) is 4.79 Å². The van der Waals surface area contributed by atoms with Gasteiger partial charge in [0.15, 0.2) is 11.5 Å². The first-order valence-corrected chi connectivity index (χ1v) is 25.8. The minimum atomic E-state index is -0.386. The quantitative estimate of drug-likeness (QED) is 0.0421. The Morgan fingerprint density at radius 3 is 1.59 bits per heavy atom. The smallest absolute Gasteiger partial charge is 0.328 e. The van der Waals surface area contributed by atoms with E-state index in [0.29, 0.717) is 29.8 Å². The second kappa shape index (κ2) is 35.6. The van der Waals surface area contributed by atoms with Crippen LogP contribution in [0.4, 0.5) is 5.82 Å². The number of fused-ring (bicyclic) bond motifs is 1. The zero-order valence-electron chi connectivity index (χ0n) is 40.9. The normalized spacial score (nSPS) is 11.7. The first-order chi connectivity index (χ1) is 31.4. The van der Waals surface area contributed by atoms with Gasteiger partial charge in [0.2, 0.25) is 5.91 Å². The summed E-state index contributed by atoms with van der Waals surface area (Å²) in [5.74, 6) is 0.0475. The maximum Gasteiger partial charge on any atom is 0.328 e. The molecule has 2 heterocycles. The number of methoxy groups -OCH3 is 1. The highest BCUT2D eigenvalue weighted by molar-refractivity contribution is 5.97. The molecule has 0 saturated heterocycles. The zero-order chi connectivity index (χ0) is 45.9. The topological polar surface area (TPSA) is 135 Å². The van der Waals surface area contributed by atoms with Crippen LogP contribution in [0.3, 0.4) is 0 Å². The molecule has 0 bridgehead atoms. The fourth-order valence-electron chi connectivity index (χ4n) is 8.47. The van der Waals surface area contributed by atoms with Crippen LogP contribution in [0.1, 0.15) is 204 Å². The molecule has 0 unspecified atom stereocenters. The van der Waals surface area contributed by atoms with Crippen LogP contribution >= 0.6 is 0 Å². The molecule has 3 aromatic rings. The van der Waals surface area contributed by atoms with E-state index in [1.165, 1.54) is 165 Å². The zero-order valence-corrected chi connectivity index (χ0v) is 40.9. The van der Waals surface area contributed by atoms with Gasteiger partial charge in [0.05, 0.1) is 13.2 Å². The first-order valence-electron chi connectivity index (χ1n) is 25.8. The SMILES string of the molecule is CCCCCCCCCN(CCCCCCCCC)CCCN(CCCCCCCCC)CCCCCC(=O)Nc1nc(OCCOC)nc2c1[nH]c(=O)n2Cc1ccc(C=O)cc1. The molecule has 64 heavy (non-hydrogen) atoms. The van der Waals surface area contributed by atoms with Crippen LogP contribution in [0.5, 0.6) is 6.01 Å². The predicted octanol–water partition coefficient (Wildman–Crippen LogP) is 11.8. The van der Waals surface area contributed by atoms with Crippen molar-refractivity contribution in [2.45, 2.75) is 194 Å². The Morgan fingerprint density at radius 1 is 0.641 bits per heavy atom. The molecule has 0 aliphatic carbocycles. The number of benzene rings is 1. The number of aromatic nitrogens is 4. The summed E-state index contributed by atoms with van der Waals surface area (Å²) in [4.78, 5) is 55.1. The van der Waals surface area contributed by atoms with E-state index in [9.17, 15) is 14.4 Å². The number of nitrogens with zero attached hydrogens (tertiary/aromatic N) is 5. The molecule has 12 nitrogen and oxygen atoms in total.